The molecule has 0 fully saturated rings. The Labute approximate surface area is 98.7 Å². The predicted molar refractivity (Wildman–Crippen MR) is 70.6 cm³/mol. The predicted octanol–water partition coefficient (Wildman–Crippen LogP) is 4.48. The van der Waals surface area contributed by atoms with Gasteiger partial charge in [0.15, 0.2) is 0 Å². The number of allylic oxidation sites excluding steroid dienone is 4. The van der Waals surface area contributed by atoms with E-state index in [0.717, 1.165) is 5.92 Å². The fourth-order valence-corrected chi connectivity index (χ4v) is 2.67. The normalized spacial score (nSPS) is 25.1. The van der Waals surface area contributed by atoms with Crippen LogP contribution in [0.4, 0.5) is 0 Å². The average Bonchev–Trinajstić information content (AvgIpc) is 2.41. The quantitative estimate of drug-likeness (QED) is 0.594. The first-order chi connectivity index (χ1) is 7.95. The minimum absolute atomic E-state index is 0.643. The second-order valence-electron chi connectivity index (χ2n) is 4.20. The average molecular weight is 212 g/mol. The molecule has 0 heteroatoms. The molecule has 2 aliphatic carbocycles. The summed E-state index contributed by atoms with van der Waals surface area (Å²) in [6.07, 6.45) is 11.6. The van der Waals surface area contributed by atoms with Gasteiger partial charge in [0.05, 0.1) is 0 Å². The zero-order chi connectivity index (χ0) is 11.4. The largest absolute Gasteiger partial charge is 0.0805 e. The lowest BCUT2D eigenvalue weighted by Gasteiger charge is -2.31. The third kappa shape index (κ3) is 1.97. The maximum absolute atomic E-state index is 2.36. The summed E-state index contributed by atoms with van der Waals surface area (Å²) in [6.45, 7) is 4.00. The van der Waals surface area contributed by atoms with E-state index in [2.05, 4.69) is 48.6 Å². The number of hydrogen-bond acceptors (Lipinski definition) is 0. The molecule has 0 saturated heterocycles. The lowest BCUT2D eigenvalue weighted by Crippen LogP contribution is -2.18. The number of benzene rings is 1. The highest BCUT2D eigenvalue weighted by molar-refractivity contribution is 5.39. The van der Waals surface area contributed by atoms with E-state index in [1.54, 1.807) is 11.1 Å². The van der Waals surface area contributed by atoms with Gasteiger partial charge in [0.1, 0.15) is 0 Å². The second kappa shape index (κ2) is 5.16. The van der Waals surface area contributed by atoms with Gasteiger partial charge in [0.25, 0.3) is 0 Å². The molecule has 0 amide bonds. The van der Waals surface area contributed by atoms with Crippen LogP contribution in [-0.2, 0) is 6.42 Å². The molecular weight excluding hydrogens is 192 g/mol. The van der Waals surface area contributed by atoms with E-state index in [4.69, 9.17) is 0 Å². The Balaban J connectivity index is 0.000000457. The summed E-state index contributed by atoms with van der Waals surface area (Å²) >= 11 is 0. The van der Waals surface area contributed by atoms with Crippen LogP contribution in [0.1, 0.15) is 37.3 Å². The summed E-state index contributed by atoms with van der Waals surface area (Å²) in [5.41, 5.74) is 3.10. The van der Waals surface area contributed by atoms with Crippen LogP contribution >= 0.6 is 0 Å². The minimum Gasteiger partial charge on any atom is -0.0805 e. The maximum atomic E-state index is 2.36. The van der Waals surface area contributed by atoms with Crippen molar-refractivity contribution in [3.8, 4) is 0 Å². The fourth-order valence-electron chi connectivity index (χ4n) is 2.67. The van der Waals surface area contributed by atoms with Crippen molar-refractivity contribution in [1.29, 1.82) is 0 Å². The molecule has 0 radical (unpaired) electrons. The van der Waals surface area contributed by atoms with Crippen molar-refractivity contribution in [2.45, 2.75) is 32.6 Å². The van der Waals surface area contributed by atoms with Gasteiger partial charge >= 0.3 is 0 Å². The zero-order valence-corrected chi connectivity index (χ0v) is 10.2. The van der Waals surface area contributed by atoms with Crippen molar-refractivity contribution < 1.29 is 0 Å². The van der Waals surface area contributed by atoms with E-state index >= 15 is 0 Å². The van der Waals surface area contributed by atoms with E-state index in [9.17, 15) is 0 Å². The topological polar surface area (TPSA) is 0 Å². The summed E-state index contributed by atoms with van der Waals surface area (Å²) in [4.78, 5) is 0. The lowest BCUT2D eigenvalue weighted by atomic mass is 9.73. The summed E-state index contributed by atoms with van der Waals surface area (Å²) in [6, 6.07) is 8.88. The standard InChI is InChI=1S/C14H14.C2H6/c1-3-7-13-11(5-1)9-10-12-6-2-4-8-14(12)13;1-2/h1-8,11,13H,9-10H2;1-2H3. The van der Waals surface area contributed by atoms with E-state index in [-0.39, 0.29) is 0 Å². The van der Waals surface area contributed by atoms with Gasteiger partial charge in [0.2, 0.25) is 0 Å². The van der Waals surface area contributed by atoms with Crippen molar-refractivity contribution in [1.82, 2.24) is 0 Å². The molecule has 0 aromatic heterocycles. The van der Waals surface area contributed by atoms with Crippen LogP contribution in [0.5, 0.6) is 0 Å². The Morgan fingerprint density at radius 1 is 1.00 bits per heavy atom. The molecule has 1 aromatic carbocycles. The van der Waals surface area contributed by atoms with Crippen LogP contribution in [0.3, 0.4) is 0 Å². The van der Waals surface area contributed by atoms with Gasteiger partial charge in [0, 0.05) is 5.92 Å². The molecule has 84 valence electrons. The van der Waals surface area contributed by atoms with Crippen molar-refractivity contribution in [2.24, 2.45) is 5.92 Å². The molecule has 0 bridgehead atoms. The molecule has 2 atom stereocenters. The molecule has 0 spiro atoms. The molecule has 2 unspecified atom stereocenters. The van der Waals surface area contributed by atoms with Crippen molar-refractivity contribution in [3.63, 3.8) is 0 Å². The third-order valence-electron chi connectivity index (χ3n) is 3.41. The van der Waals surface area contributed by atoms with Crippen LogP contribution in [0.25, 0.3) is 0 Å². The molecule has 0 N–H and O–H groups in total. The van der Waals surface area contributed by atoms with E-state index < -0.39 is 0 Å². The molecule has 16 heavy (non-hydrogen) atoms. The van der Waals surface area contributed by atoms with Crippen LogP contribution in [0, 0.1) is 5.92 Å². The van der Waals surface area contributed by atoms with E-state index in [0.29, 0.717) is 5.92 Å². The highest BCUT2D eigenvalue weighted by atomic mass is 14.3. The first-order valence-corrected chi connectivity index (χ1v) is 6.38. The second-order valence-corrected chi connectivity index (χ2v) is 4.20. The monoisotopic (exact) mass is 212 g/mol. The molecule has 3 rings (SSSR count). The zero-order valence-electron chi connectivity index (χ0n) is 10.2. The van der Waals surface area contributed by atoms with Gasteiger partial charge in [-0.3, -0.25) is 0 Å². The Kier molecular flexibility index (Phi) is 3.61. The molecular formula is C16H20. The van der Waals surface area contributed by atoms with Gasteiger partial charge in [-0.25, -0.2) is 0 Å². The summed E-state index contributed by atoms with van der Waals surface area (Å²) in [5.74, 6) is 1.39. The van der Waals surface area contributed by atoms with Crippen molar-refractivity contribution in [2.75, 3.05) is 0 Å². The van der Waals surface area contributed by atoms with Crippen LogP contribution in [0.15, 0.2) is 48.6 Å². The summed E-state index contributed by atoms with van der Waals surface area (Å²) in [7, 11) is 0. The Morgan fingerprint density at radius 3 is 2.62 bits per heavy atom. The van der Waals surface area contributed by atoms with Crippen LogP contribution in [0.2, 0.25) is 0 Å². The molecule has 2 aliphatic rings. The van der Waals surface area contributed by atoms with Gasteiger partial charge in [-0.05, 0) is 29.9 Å². The highest BCUT2D eigenvalue weighted by Gasteiger charge is 2.26. The number of aryl methyl sites for hydroxylation is 1. The molecule has 0 nitrogen and oxygen atoms in total. The summed E-state index contributed by atoms with van der Waals surface area (Å²) < 4.78 is 0. The van der Waals surface area contributed by atoms with Gasteiger partial charge in [-0.1, -0.05) is 62.4 Å². The highest BCUT2D eigenvalue weighted by Crippen LogP contribution is 2.39. The molecule has 0 aliphatic heterocycles. The number of rotatable bonds is 0. The first kappa shape index (κ1) is 11.2. The lowest BCUT2D eigenvalue weighted by molar-refractivity contribution is 0.499. The summed E-state index contributed by atoms with van der Waals surface area (Å²) in [5, 5.41) is 0. The van der Waals surface area contributed by atoms with Crippen molar-refractivity contribution in [3.05, 3.63) is 59.7 Å². The van der Waals surface area contributed by atoms with Crippen molar-refractivity contribution >= 4 is 0 Å². The van der Waals surface area contributed by atoms with Crippen LogP contribution in [-0.4, -0.2) is 0 Å². The van der Waals surface area contributed by atoms with Gasteiger partial charge < -0.3 is 0 Å². The fraction of sp³-hybridized carbons (Fsp3) is 0.375. The molecule has 0 heterocycles. The Bertz CT molecular complexity index is 398. The minimum atomic E-state index is 0.643. The molecule has 1 aromatic rings. The SMILES string of the molecule is C1=CC2CCc3ccccc3C2C=C1.CC. The third-order valence-corrected chi connectivity index (χ3v) is 3.41. The molecule has 0 saturated carbocycles. The number of fused-ring (bicyclic) bond motifs is 3. The van der Waals surface area contributed by atoms with Crippen LogP contribution < -0.4 is 0 Å². The van der Waals surface area contributed by atoms with Gasteiger partial charge in [-0.15, -0.1) is 0 Å². The van der Waals surface area contributed by atoms with Gasteiger partial charge in [-0.2, -0.15) is 0 Å². The maximum Gasteiger partial charge on any atom is 0.00868 e. The van der Waals surface area contributed by atoms with E-state index in [1.807, 2.05) is 13.8 Å². The van der Waals surface area contributed by atoms with E-state index in [1.165, 1.54) is 12.8 Å². The smallest absolute Gasteiger partial charge is 0.00868 e. The Morgan fingerprint density at radius 2 is 1.75 bits per heavy atom. The number of hydrogen-bond donors (Lipinski definition) is 0. The Hall–Kier alpha value is -1.30. The first-order valence-electron chi connectivity index (χ1n) is 6.38.